The quantitative estimate of drug-likeness (QED) is 0.867. The topological polar surface area (TPSA) is 33.3 Å². The van der Waals surface area contributed by atoms with Gasteiger partial charge in [-0.2, -0.15) is 13.2 Å². The highest BCUT2D eigenvalue weighted by Gasteiger charge is 2.56. The Morgan fingerprint density at radius 2 is 1.94 bits per heavy atom. The minimum atomic E-state index is -4.34. The largest absolute Gasteiger partial charge is 0.497 e. The van der Waals surface area contributed by atoms with Gasteiger partial charge in [-0.25, -0.2) is 0 Å². The van der Waals surface area contributed by atoms with Gasteiger partial charge in [-0.3, -0.25) is 10.6 Å². The van der Waals surface area contributed by atoms with Crippen molar-refractivity contribution in [3.05, 3.63) is 29.8 Å². The van der Waals surface area contributed by atoms with Gasteiger partial charge in [0.05, 0.1) is 7.11 Å². The third-order valence-corrected chi connectivity index (χ3v) is 3.07. The monoisotopic (exact) mass is 260 g/mol. The molecular weight excluding hydrogens is 245 g/mol. The fraction of sp³-hybridized carbons (Fsp3) is 0.500. The van der Waals surface area contributed by atoms with E-state index < -0.39 is 11.8 Å². The summed E-state index contributed by atoms with van der Waals surface area (Å²) in [4.78, 5) is 0. The van der Waals surface area contributed by atoms with Crippen LogP contribution in [-0.4, -0.2) is 32.0 Å². The summed E-state index contributed by atoms with van der Waals surface area (Å²) in [6.45, 7) is 0.618. The zero-order chi connectivity index (χ0) is 13.2. The maximum absolute atomic E-state index is 13.1. The first-order valence-corrected chi connectivity index (χ1v) is 5.66. The van der Waals surface area contributed by atoms with Crippen molar-refractivity contribution in [1.29, 1.82) is 0 Å². The highest BCUT2D eigenvalue weighted by molar-refractivity contribution is 5.30. The van der Waals surface area contributed by atoms with Crippen LogP contribution < -0.4 is 15.4 Å². The number of ether oxygens (including phenoxy) is 1. The Morgan fingerprint density at radius 3 is 2.50 bits per heavy atom. The molecule has 3 nitrogen and oxygen atoms in total. The van der Waals surface area contributed by atoms with Gasteiger partial charge >= 0.3 is 6.18 Å². The highest BCUT2D eigenvalue weighted by Crippen LogP contribution is 2.33. The van der Waals surface area contributed by atoms with Crippen molar-refractivity contribution < 1.29 is 17.9 Å². The summed E-state index contributed by atoms with van der Waals surface area (Å²) in [6, 6.07) is 6.68. The van der Waals surface area contributed by atoms with Crippen LogP contribution in [0.2, 0.25) is 0 Å². The molecule has 2 N–H and O–H groups in total. The molecule has 1 saturated heterocycles. The summed E-state index contributed by atoms with van der Waals surface area (Å²) in [5.74, 6) is 0.558. The maximum Gasteiger partial charge on any atom is 0.420 e. The summed E-state index contributed by atoms with van der Waals surface area (Å²) < 4.78 is 44.4. The summed E-state index contributed by atoms with van der Waals surface area (Å²) in [6.07, 6.45) is -4.50. The average molecular weight is 260 g/mol. The van der Waals surface area contributed by atoms with E-state index in [1.165, 1.54) is 7.11 Å². The van der Waals surface area contributed by atoms with Crippen LogP contribution in [0.15, 0.2) is 24.3 Å². The maximum atomic E-state index is 13.1. The normalized spacial score (nSPS) is 18.9. The first-order chi connectivity index (χ1) is 8.47. The summed E-state index contributed by atoms with van der Waals surface area (Å²) in [5.41, 5.74) is -1.45. The lowest BCUT2D eigenvalue weighted by molar-refractivity contribution is -0.199. The molecule has 0 saturated carbocycles. The Kier molecular flexibility index (Phi) is 3.49. The molecule has 0 aliphatic carbocycles. The molecule has 0 radical (unpaired) electrons. The zero-order valence-electron chi connectivity index (χ0n) is 9.97. The van der Waals surface area contributed by atoms with Gasteiger partial charge in [0, 0.05) is 19.5 Å². The number of nitrogens with one attached hydrogen (secondary N) is 2. The average Bonchev–Trinajstić information content (AvgIpc) is 2.78. The first-order valence-electron chi connectivity index (χ1n) is 5.66. The van der Waals surface area contributed by atoms with Gasteiger partial charge in [0.25, 0.3) is 0 Å². The molecule has 6 heteroatoms. The molecule has 0 spiro atoms. The minimum absolute atomic E-state index is 0.159. The molecule has 0 unspecified atom stereocenters. The van der Waals surface area contributed by atoms with Gasteiger partial charge in [0.2, 0.25) is 0 Å². The van der Waals surface area contributed by atoms with Crippen LogP contribution in [0.1, 0.15) is 5.56 Å². The van der Waals surface area contributed by atoms with Crippen LogP contribution >= 0.6 is 0 Å². The number of alkyl halides is 3. The van der Waals surface area contributed by atoms with Crippen LogP contribution in [0, 0.1) is 0 Å². The molecule has 0 amide bonds. The molecule has 1 fully saturated rings. The summed E-state index contributed by atoms with van der Waals surface area (Å²) >= 11 is 0. The van der Waals surface area contributed by atoms with Crippen molar-refractivity contribution in [3.63, 3.8) is 0 Å². The smallest absolute Gasteiger partial charge is 0.420 e. The number of halogens is 3. The molecule has 0 bridgehead atoms. The molecule has 1 aliphatic rings. The number of rotatable bonds is 3. The molecule has 100 valence electrons. The Hall–Kier alpha value is -1.27. The lowest BCUT2D eigenvalue weighted by atomic mass is 9.99. The molecule has 18 heavy (non-hydrogen) atoms. The van der Waals surface area contributed by atoms with E-state index in [4.69, 9.17) is 4.74 Å². The van der Waals surface area contributed by atoms with Crippen LogP contribution in [0.25, 0.3) is 0 Å². The Balaban J connectivity index is 2.24. The standard InChI is InChI=1S/C12H15F3N2O/c1-18-10-4-2-3-9(7-10)8-11(12(13,14)15)16-5-6-17-11/h2-4,7,16-17H,5-6,8H2,1H3. The van der Waals surface area contributed by atoms with Crippen LogP contribution in [0.4, 0.5) is 13.2 Å². The van der Waals surface area contributed by atoms with Crippen molar-refractivity contribution >= 4 is 0 Å². The van der Waals surface area contributed by atoms with Crippen LogP contribution in [-0.2, 0) is 6.42 Å². The van der Waals surface area contributed by atoms with E-state index in [-0.39, 0.29) is 6.42 Å². The molecule has 1 heterocycles. The fourth-order valence-corrected chi connectivity index (χ4v) is 2.13. The van der Waals surface area contributed by atoms with E-state index in [0.29, 0.717) is 24.4 Å². The Morgan fingerprint density at radius 1 is 1.28 bits per heavy atom. The van der Waals surface area contributed by atoms with Gasteiger partial charge in [0.15, 0.2) is 5.66 Å². The second-order valence-corrected chi connectivity index (χ2v) is 4.28. The number of methoxy groups -OCH3 is 1. The number of benzene rings is 1. The molecule has 1 aromatic carbocycles. The first kappa shape index (κ1) is 13.2. The predicted molar refractivity (Wildman–Crippen MR) is 61.5 cm³/mol. The number of hydrogen-bond acceptors (Lipinski definition) is 3. The van der Waals surface area contributed by atoms with Gasteiger partial charge in [-0.15, -0.1) is 0 Å². The van der Waals surface area contributed by atoms with E-state index in [9.17, 15) is 13.2 Å². The van der Waals surface area contributed by atoms with E-state index in [1.807, 2.05) is 0 Å². The SMILES string of the molecule is COc1cccc(CC2(C(F)(F)F)NCCN2)c1. The van der Waals surface area contributed by atoms with Crippen LogP contribution in [0.3, 0.4) is 0 Å². The molecule has 2 rings (SSSR count). The van der Waals surface area contributed by atoms with E-state index in [0.717, 1.165) is 0 Å². The minimum Gasteiger partial charge on any atom is -0.497 e. The van der Waals surface area contributed by atoms with Gasteiger partial charge in [-0.1, -0.05) is 12.1 Å². The summed E-state index contributed by atoms with van der Waals surface area (Å²) in [5, 5.41) is 5.04. The van der Waals surface area contributed by atoms with Crippen molar-refractivity contribution in [2.24, 2.45) is 0 Å². The molecule has 1 aliphatic heterocycles. The van der Waals surface area contributed by atoms with Gasteiger partial charge in [-0.05, 0) is 17.7 Å². The third kappa shape index (κ3) is 2.44. The molecular formula is C12H15F3N2O. The van der Waals surface area contributed by atoms with Gasteiger partial charge in [0.1, 0.15) is 5.75 Å². The second kappa shape index (κ2) is 4.78. The number of hydrogen-bond donors (Lipinski definition) is 2. The third-order valence-electron chi connectivity index (χ3n) is 3.07. The fourth-order valence-electron chi connectivity index (χ4n) is 2.13. The van der Waals surface area contributed by atoms with E-state index in [1.54, 1.807) is 24.3 Å². The molecule has 1 aromatic rings. The van der Waals surface area contributed by atoms with Gasteiger partial charge < -0.3 is 4.74 Å². The van der Waals surface area contributed by atoms with E-state index in [2.05, 4.69) is 10.6 Å². The molecule has 0 atom stereocenters. The van der Waals surface area contributed by atoms with Crippen molar-refractivity contribution in [3.8, 4) is 5.75 Å². The lowest BCUT2D eigenvalue weighted by Crippen LogP contribution is -2.62. The zero-order valence-corrected chi connectivity index (χ0v) is 9.97. The predicted octanol–water partition coefficient (Wildman–Crippen LogP) is 1.69. The summed E-state index contributed by atoms with van der Waals surface area (Å²) in [7, 11) is 1.49. The Bertz CT molecular complexity index is 414. The molecule has 0 aromatic heterocycles. The van der Waals surface area contributed by atoms with Crippen molar-refractivity contribution in [2.75, 3.05) is 20.2 Å². The van der Waals surface area contributed by atoms with Crippen molar-refractivity contribution in [1.82, 2.24) is 10.6 Å². The second-order valence-electron chi connectivity index (χ2n) is 4.28. The lowest BCUT2D eigenvalue weighted by Gasteiger charge is -2.32. The van der Waals surface area contributed by atoms with Crippen molar-refractivity contribution in [2.45, 2.75) is 18.3 Å². The van der Waals surface area contributed by atoms with E-state index >= 15 is 0 Å². The van der Waals surface area contributed by atoms with Crippen LogP contribution in [0.5, 0.6) is 5.75 Å². The highest BCUT2D eigenvalue weighted by atomic mass is 19.4. The Labute approximate surface area is 103 Å².